The molecule has 0 saturated carbocycles. The molecule has 0 radical (unpaired) electrons. The lowest BCUT2D eigenvalue weighted by Crippen LogP contribution is -2.22. The fourth-order valence-electron chi connectivity index (χ4n) is 0.952. The first-order valence-corrected chi connectivity index (χ1v) is 4.64. The highest BCUT2D eigenvalue weighted by atomic mass is 16.5. The SMILES string of the molecule is CCOC(CCO)COCCOC. The molecule has 13 heavy (non-hydrogen) atoms. The van der Waals surface area contributed by atoms with E-state index in [9.17, 15) is 0 Å². The summed E-state index contributed by atoms with van der Waals surface area (Å²) in [7, 11) is 1.64. The van der Waals surface area contributed by atoms with Crippen molar-refractivity contribution in [2.45, 2.75) is 19.4 Å². The van der Waals surface area contributed by atoms with Gasteiger partial charge in [0.05, 0.1) is 25.9 Å². The van der Waals surface area contributed by atoms with Gasteiger partial charge in [-0.15, -0.1) is 0 Å². The minimum Gasteiger partial charge on any atom is -0.396 e. The first-order chi connectivity index (χ1) is 6.35. The minimum absolute atomic E-state index is 0.00635. The normalized spacial score (nSPS) is 13.2. The maximum atomic E-state index is 8.71. The predicted molar refractivity (Wildman–Crippen MR) is 49.8 cm³/mol. The molecule has 4 nitrogen and oxygen atoms in total. The molecule has 0 aromatic heterocycles. The summed E-state index contributed by atoms with van der Waals surface area (Å²) in [5, 5.41) is 8.71. The number of methoxy groups -OCH3 is 1. The van der Waals surface area contributed by atoms with Gasteiger partial charge in [-0.3, -0.25) is 0 Å². The fourth-order valence-corrected chi connectivity index (χ4v) is 0.952. The molecule has 0 aliphatic carbocycles. The van der Waals surface area contributed by atoms with Gasteiger partial charge in [0.15, 0.2) is 0 Å². The van der Waals surface area contributed by atoms with Crippen LogP contribution in [0.5, 0.6) is 0 Å². The first-order valence-electron chi connectivity index (χ1n) is 4.64. The zero-order chi connectivity index (χ0) is 9.94. The predicted octanol–water partition coefficient (Wildman–Crippen LogP) is 0.437. The monoisotopic (exact) mass is 192 g/mol. The minimum atomic E-state index is 0.00635. The van der Waals surface area contributed by atoms with Gasteiger partial charge >= 0.3 is 0 Å². The average Bonchev–Trinajstić information content (AvgIpc) is 2.13. The van der Waals surface area contributed by atoms with E-state index in [2.05, 4.69) is 0 Å². The van der Waals surface area contributed by atoms with Crippen molar-refractivity contribution in [2.24, 2.45) is 0 Å². The van der Waals surface area contributed by atoms with Gasteiger partial charge in [0, 0.05) is 20.3 Å². The molecule has 4 heteroatoms. The fraction of sp³-hybridized carbons (Fsp3) is 1.00. The maximum Gasteiger partial charge on any atom is 0.0830 e. The Morgan fingerprint density at radius 1 is 1.31 bits per heavy atom. The highest BCUT2D eigenvalue weighted by molar-refractivity contribution is 4.55. The Hall–Kier alpha value is -0.160. The number of hydrogen-bond donors (Lipinski definition) is 1. The molecule has 1 N–H and O–H groups in total. The maximum absolute atomic E-state index is 8.71. The summed E-state index contributed by atoms with van der Waals surface area (Å²) in [5.74, 6) is 0. The van der Waals surface area contributed by atoms with Gasteiger partial charge in [-0.1, -0.05) is 0 Å². The molecule has 0 heterocycles. The average molecular weight is 192 g/mol. The van der Waals surface area contributed by atoms with Crippen molar-refractivity contribution in [1.82, 2.24) is 0 Å². The van der Waals surface area contributed by atoms with Crippen molar-refractivity contribution in [2.75, 3.05) is 40.1 Å². The van der Waals surface area contributed by atoms with E-state index < -0.39 is 0 Å². The Balaban J connectivity index is 3.33. The van der Waals surface area contributed by atoms with Gasteiger partial charge < -0.3 is 19.3 Å². The van der Waals surface area contributed by atoms with Crippen LogP contribution in [0, 0.1) is 0 Å². The van der Waals surface area contributed by atoms with Gasteiger partial charge in [-0.2, -0.15) is 0 Å². The third-order valence-corrected chi connectivity index (χ3v) is 1.59. The van der Waals surface area contributed by atoms with E-state index in [0.717, 1.165) is 0 Å². The molecule has 1 atom stereocenters. The van der Waals surface area contributed by atoms with Crippen LogP contribution in [0.1, 0.15) is 13.3 Å². The third-order valence-electron chi connectivity index (χ3n) is 1.59. The molecule has 0 saturated heterocycles. The van der Waals surface area contributed by atoms with E-state index in [1.807, 2.05) is 6.92 Å². The Kier molecular flexibility index (Phi) is 9.80. The lowest BCUT2D eigenvalue weighted by atomic mass is 10.3. The van der Waals surface area contributed by atoms with Gasteiger partial charge in [-0.25, -0.2) is 0 Å². The zero-order valence-electron chi connectivity index (χ0n) is 8.49. The van der Waals surface area contributed by atoms with Crippen molar-refractivity contribution < 1.29 is 19.3 Å². The number of rotatable bonds is 9. The van der Waals surface area contributed by atoms with Gasteiger partial charge in [0.25, 0.3) is 0 Å². The number of hydrogen-bond acceptors (Lipinski definition) is 4. The van der Waals surface area contributed by atoms with Gasteiger partial charge in [0.1, 0.15) is 0 Å². The van der Waals surface area contributed by atoms with Crippen molar-refractivity contribution in [1.29, 1.82) is 0 Å². The van der Waals surface area contributed by atoms with Crippen LogP contribution in [0.3, 0.4) is 0 Å². The molecule has 0 amide bonds. The molecule has 0 rings (SSSR count). The highest BCUT2D eigenvalue weighted by Gasteiger charge is 2.07. The third kappa shape index (κ3) is 8.18. The van der Waals surface area contributed by atoms with Crippen molar-refractivity contribution >= 4 is 0 Å². The molecule has 0 fully saturated rings. The summed E-state index contributed by atoms with van der Waals surface area (Å²) >= 11 is 0. The van der Waals surface area contributed by atoms with E-state index >= 15 is 0 Å². The molecule has 0 aromatic carbocycles. The smallest absolute Gasteiger partial charge is 0.0830 e. The molecular weight excluding hydrogens is 172 g/mol. The summed E-state index contributed by atoms with van der Waals surface area (Å²) in [4.78, 5) is 0. The van der Waals surface area contributed by atoms with Crippen LogP contribution in [-0.4, -0.2) is 51.4 Å². The largest absolute Gasteiger partial charge is 0.396 e. The molecule has 1 unspecified atom stereocenters. The summed E-state index contributed by atoms with van der Waals surface area (Å²) < 4.78 is 15.4. The lowest BCUT2D eigenvalue weighted by molar-refractivity contribution is -0.0319. The molecular formula is C9H20O4. The second-order valence-electron chi connectivity index (χ2n) is 2.66. The molecule has 0 bridgehead atoms. The lowest BCUT2D eigenvalue weighted by Gasteiger charge is -2.15. The topological polar surface area (TPSA) is 47.9 Å². The molecule has 0 spiro atoms. The Morgan fingerprint density at radius 3 is 2.62 bits per heavy atom. The van der Waals surface area contributed by atoms with Crippen LogP contribution in [0.2, 0.25) is 0 Å². The molecule has 80 valence electrons. The van der Waals surface area contributed by atoms with Crippen LogP contribution in [0.4, 0.5) is 0 Å². The van der Waals surface area contributed by atoms with Crippen LogP contribution in [0.25, 0.3) is 0 Å². The second kappa shape index (κ2) is 9.92. The van der Waals surface area contributed by atoms with E-state index in [1.54, 1.807) is 7.11 Å². The Labute approximate surface area is 79.8 Å². The van der Waals surface area contributed by atoms with Crippen molar-refractivity contribution in [3.8, 4) is 0 Å². The molecule has 0 aliphatic heterocycles. The Bertz CT molecular complexity index is 91.6. The van der Waals surface area contributed by atoms with E-state index in [4.69, 9.17) is 19.3 Å². The summed E-state index contributed by atoms with van der Waals surface area (Å²) in [6.45, 7) is 4.41. The highest BCUT2D eigenvalue weighted by Crippen LogP contribution is 1.98. The van der Waals surface area contributed by atoms with E-state index in [0.29, 0.717) is 32.8 Å². The molecule has 0 aliphatic rings. The quantitative estimate of drug-likeness (QED) is 0.538. The molecule has 0 aromatic rings. The first kappa shape index (κ1) is 12.8. The van der Waals surface area contributed by atoms with Crippen LogP contribution in [-0.2, 0) is 14.2 Å². The van der Waals surface area contributed by atoms with Crippen molar-refractivity contribution in [3.63, 3.8) is 0 Å². The van der Waals surface area contributed by atoms with Crippen LogP contribution >= 0.6 is 0 Å². The summed E-state index contributed by atoms with van der Waals surface area (Å²) in [6, 6.07) is 0. The zero-order valence-corrected chi connectivity index (χ0v) is 8.49. The van der Waals surface area contributed by atoms with Crippen LogP contribution in [0.15, 0.2) is 0 Å². The second-order valence-corrected chi connectivity index (χ2v) is 2.66. The van der Waals surface area contributed by atoms with Gasteiger partial charge in [0.2, 0.25) is 0 Å². The number of aliphatic hydroxyl groups excluding tert-OH is 1. The van der Waals surface area contributed by atoms with E-state index in [-0.39, 0.29) is 12.7 Å². The standard InChI is InChI=1S/C9H20O4/c1-3-13-9(4-5-10)8-12-7-6-11-2/h9-10H,3-8H2,1-2H3. The van der Waals surface area contributed by atoms with Crippen LogP contribution < -0.4 is 0 Å². The van der Waals surface area contributed by atoms with Gasteiger partial charge in [-0.05, 0) is 13.3 Å². The summed E-state index contributed by atoms with van der Waals surface area (Å²) in [6.07, 6.45) is 0.632. The summed E-state index contributed by atoms with van der Waals surface area (Å²) in [5.41, 5.74) is 0. The van der Waals surface area contributed by atoms with Crippen molar-refractivity contribution in [3.05, 3.63) is 0 Å². The number of aliphatic hydroxyl groups is 1. The Morgan fingerprint density at radius 2 is 2.08 bits per heavy atom. The number of ether oxygens (including phenoxy) is 3. The van der Waals surface area contributed by atoms with E-state index in [1.165, 1.54) is 0 Å².